The van der Waals surface area contributed by atoms with Gasteiger partial charge in [0.2, 0.25) is 0 Å². The zero-order valence-corrected chi connectivity index (χ0v) is 17.2. The van der Waals surface area contributed by atoms with Gasteiger partial charge in [-0.3, -0.25) is 4.90 Å². The van der Waals surface area contributed by atoms with Gasteiger partial charge in [-0.1, -0.05) is 24.3 Å². The maximum atomic E-state index is 5.56. The highest BCUT2D eigenvalue weighted by Gasteiger charge is 2.23. The average molecular weight is 384 g/mol. The number of thiocarbonyl (C=S) groups is 1. The van der Waals surface area contributed by atoms with E-state index < -0.39 is 0 Å². The Kier molecular flexibility index (Phi) is 6.69. The van der Waals surface area contributed by atoms with Crippen molar-refractivity contribution in [1.29, 1.82) is 0 Å². The fourth-order valence-electron chi connectivity index (χ4n) is 3.56. The summed E-state index contributed by atoms with van der Waals surface area (Å²) in [6, 6.07) is 15.0. The van der Waals surface area contributed by atoms with Crippen molar-refractivity contribution in [3.8, 4) is 5.75 Å². The topological polar surface area (TPSA) is 36.5 Å². The largest absolute Gasteiger partial charge is 0.497 e. The van der Waals surface area contributed by atoms with E-state index in [0.29, 0.717) is 11.2 Å². The lowest BCUT2D eigenvalue weighted by atomic mass is 10.1. The number of benzene rings is 2. The summed E-state index contributed by atoms with van der Waals surface area (Å²) in [6.45, 7) is 7.23. The predicted molar refractivity (Wildman–Crippen MR) is 117 cm³/mol. The molecule has 1 unspecified atom stereocenters. The van der Waals surface area contributed by atoms with Crippen LogP contribution in [0.1, 0.15) is 35.6 Å². The lowest BCUT2D eigenvalue weighted by Gasteiger charge is -2.29. The molecular weight excluding hydrogens is 354 g/mol. The van der Waals surface area contributed by atoms with Gasteiger partial charge < -0.3 is 15.4 Å². The molecular formula is C22H29N3OS. The van der Waals surface area contributed by atoms with Gasteiger partial charge in [0.25, 0.3) is 0 Å². The zero-order chi connectivity index (χ0) is 19.2. The fraction of sp³-hybridized carbons (Fsp3) is 0.409. The molecule has 3 rings (SSSR count). The molecule has 2 N–H and O–H groups in total. The van der Waals surface area contributed by atoms with Gasteiger partial charge >= 0.3 is 0 Å². The van der Waals surface area contributed by atoms with E-state index in [2.05, 4.69) is 59.7 Å². The third-order valence-electron chi connectivity index (χ3n) is 5.18. The van der Waals surface area contributed by atoms with Crippen LogP contribution < -0.4 is 15.4 Å². The van der Waals surface area contributed by atoms with Crippen LogP contribution in [0.25, 0.3) is 0 Å². The lowest BCUT2D eigenvalue weighted by Crippen LogP contribution is -2.38. The number of ether oxygens (including phenoxy) is 1. The molecule has 1 atom stereocenters. The van der Waals surface area contributed by atoms with Gasteiger partial charge in [0.15, 0.2) is 5.11 Å². The predicted octanol–water partition coefficient (Wildman–Crippen LogP) is 4.44. The Morgan fingerprint density at radius 3 is 2.48 bits per heavy atom. The van der Waals surface area contributed by atoms with Crippen LogP contribution in [0.15, 0.2) is 42.5 Å². The Morgan fingerprint density at radius 1 is 1.11 bits per heavy atom. The van der Waals surface area contributed by atoms with Crippen LogP contribution in [0.5, 0.6) is 5.75 Å². The summed E-state index contributed by atoms with van der Waals surface area (Å²) in [4.78, 5) is 2.54. The van der Waals surface area contributed by atoms with Crippen molar-refractivity contribution in [2.45, 2.75) is 32.7 Å². The highest BCUT2D eigenvalue weighted by molar-refractivity contribution is 7.80. The third-order valence-corrected chi connectivity index (χ3v) is 5.43. The van der Waals surface area contributed by atoms with Crippen LogP contribution in [-0.4, -0.2) is 36.8 Å². The normalized spacial score (nSPS) is 15.4. The number of methoxy groups -OCH3 is 1. The minimum Gasteiger partial charge on any atom is -0.497 e. The number of nitrogens with one attached hydrogen (secondary N) is 2. The summed E-state index contributed by atoms with van der Waals surface area (Å²) in [7, 11) is 1.70. The van der Waals surface area contributed by atoms with Crippen molar-refractivity contribution >= 4 is 23.0 Å². The number of rotatable bonds is 6. The lowest BCUT2D eigenvalue weighted by molar-refractivity contribution is 0.246. The van der Waals surface area contributed by atoms with Crippen molar-refractivity contribution in [2.24, 2.45) is 0 Å². The van der Waals surface area contributed by atoms with Crippen molar-refractivity contribution in [1.82, 2.24) is 10.2 Å². The van der Waals surface area contributed by atoms with Gasteiger partial charge in [0.1, 0.15) is 5.75 Å². The fourth-order valence-corrected chi connectivity index (χ4v) is 3.76. The maximum absolute atomic E-state index is 5.56. The van der Waals surface area contributed by atoms with Gasteiger partial charge in [-0.25, -0.2) is 0 Å². The molecule has 2 aromatic carbocycles. The Bertz CT molecular complexity index is 770. The van der Waals surface area contributed by atoms with E-state index in [9.17, 15) is 0 Å². The van der Waals surface area contributed by atoms with Crippen molar-refractivity contribution in [3.05, 3.63) is 59.2 Å². The number of hydrogen-bond donors (Lipinski definition) is 2. The smallest absolute Gasteiger partial charge is 0.170 e. The van der Waals surface area contributed by atoms with E-state index in [1.165, 1.54) is 29.5 Å². The number of nitrogens with zero attached hydrogens (tertiary/aromatic N) is 1. The summed E-state index contributed by atoms with van der Waals surface area (Å²) < 4.78 is 5.30. The van der Waals surface area contributed by atoms with Gasteiger partial charge in [0, 0.05) is 12.2 Å². The van der Waals surface area contributed by atoms with Gasteiger partial charge in [-0.05, 0) is 86.9 Å². The molecule has 1 saturated heterocycles. The van der Waals surface area contributed by atoms with E-state index in [1.54, 1.807) is 7.11 Å². The molecule has 0 bridgehead atoms. The van der Waals surface area contributed by atoms with Gasteiger partial charge in [-0.15, -0.1) is 0 Å². The summed E-state index contributed by atoms with van der Waals surface area (Å²) in [5.74, 6) is 0.888. The van der Waals surface area contributed by atoms with Crippen molar-refractivity contribution in [2.75, 3.05) is 32.1 Å². The van der Waals surface area contributed by atoms with E-state index >= 15 is 0 Å². The quantitative estimate of drug-likeness (QED) is 0.722. The van der Waals surface area contributed by atoms with Crippen molar-refractivity contribution in [3.63, 3.8) is 0 Å². The molecule has 1 heterocycles. The monoisotopic (exact) mass is 383 g/mol. The summed E-state index contributed by atoms with van der Waals surface area (Å²) in [6.07, 6.45) is 2.52. The van der Waals surface area contributed by atoms with E-state index in [1.807, 2.05) is 12.1 Å². The van der Waals surface area contributed by atoms with Crippen LogP contribution in [-0.2, 0) is 0 Å². The number of anilines is 1. The van der Waals surface area contributed by atoms with Crippen LogP contribution in [0.3, 0.4) is 0 Å². The first-order valence-electron chi connectivity index (χ1n) is 9.57. The Labute approximate surface area is 167 Å². The third kappa shape index (κ3) is 5.21. The molecule has 27 heavy (non-hydrogen) atoms. The minimum atomic E-state index is 0.303. The standard InChI is InChI=1S/C22H29N3OS/c1-16-6-7-17(2)20(14-16)24-22(27)23-15-21(25-12-4-5-13-25)18-8-10-19(26-3)11-9-18/h6-11,14,21H,4-5,12-13,15H2,1-3H3,(H2,23,24,27). The Hall–Kier alpha value is -2.11. The Morgan fingerprint density at radius 2 is 1.81 bits per heavy atom. The summed E-state index contributed by atoms with van der Waals surface area (Å²) >= 11 is 5.56. The summed E-state index contributed by atoms with van der Waals surface area (Å²) in [5, 5.41) is 7.45. The molecule has 4 nitrogen and oxygen atoms in total. The molecule has 0 radical (unpaired) electrons. The average Bonchev–Trinajstić information content (AvgIpc) is 3.20. The minimum absolute atomic E-state index is 0.303. The van der Waals surface area contributed by atoms with Crippen molar-refractivity contribution < 1.29 is 4.74 Å². The van der Waals surface area contributed by atoms with Gasteiger partial charge in [-0.2, -0.15) is 0 Å². The molecule has 0 saturated carbocycles. The number of aryl methyl sites for hydroxylation is 2. The van der Waals surface area contributed by atoms with Crippen LogP contribution in [0.4, 0.5) is 5.69 Å². The highest BCUT2D eigenvalue weighted by atomic mass is 32.1. The molecule has 0 spiro atoms. The molecule has 0 aromatic heterocycles. The van der Waals surface area contributed by atoms with E-state index in [-0.39, 0.29) is 0 Å². The first-order chi connectivity index (χ1) is 13.1. The second-order valence-corrected chi connectivity index (χ2v) is 7.59. The van der Waals surface area contributed by atoms with Crippen LogP contribution in [0.2, 0.25) is 0 Å². The Balaban J connectivity index is 1.66. The van der Waals surface area contributed by atoms with Crippen LogP contribution in [0, 0.1) is 13.8 Å². The summed E-state index contributed by atoms with van der Waals surface area (Å²) in [5.41, 5.74) is 4.77. The molecule has 1 fully saturated rings. The first kappa shape index (κ1) is 19.6. The molecule has 1 aliphatic rings. The molecule has 0 aliphatic carbocycles. The number of likely N-dealkylation sites (tertiary alicyclic amines) is 1. The SMILES string of the molecule is COc1ccc(C(CNC(=S)Nc2cc(C)ccc2C)N2CCCC2)cc1. The molecule has 0 amide bonds. The molecule has 144 valence electrons. The number of hydrogen-bond acceptors (Lipinski definition) is 3. The molecule has 2 aromatic rings. The first-order valence-corrected chi connectivity index (χ1v) is 9.98. The van der Waals surface area contributed by atoms with E-state index in [4.69, 9.17) is 17.0 Å². The second kappa shape index (κ2) is 9.20. The van der Waals surface area contributed by atoms with Gasteiger partial charge in [0.05, 0.1) is 13.2 Å². The van der Waals surface area contributed by atoms with Crippen LogP contribution >= 0.6 is 12.2 Å². The zero-order valence-electron chi connectivity index (χ0n) is 16.4. The molecule has 1 aliphatic heterocycles. The highest BCUT2D eigenvalue weighted by Crippen LogP contribution is 2.26. The second-order valence-electron chi connectivity index (χ2n) is 7.19. The van der Waals surface area contributed by atoms with E-state index in [0.717, 1.165) is 31.1 Å². The maximum Gasteiger partial charge on any atom is 0.170 e. The molecule has 5 heteroatoms.